The number of hydrogen-bond acceptors (Lipinski definition) is 6. The van der Waals surface area contributed by atoms with Crippen molar-refractivity contribution >= 4 is 37.9 Å². The van der Waals surface area contributed by atoms with Gasteiger partial charge in [0.1, 0.15) is 5.75 Å². The van der Waals surface area contributed by atoms with Crippen molar-refractivity contribution in [3.8, 4) is 5.75 Å². The topological polar surface area (TPSA) is 124 Å². The average molecular weight is 453 g/mol. The fourth-order valence-corrected chi connectivity index (χ4v) is 3.57. The highest BCUT2D eigenvalue weighted by Gasteiger charge is 2.23. The van der Waals surface area contributed by atoms with E-state index in [9.17, 15) is 8.42 Å². The van der Waals surface area contributed by atoms with Gasteiger partial charge < -0.3 is 14.9 Å². The molecule has 0 spiro atoms. The van der Waals surface area contributed by atoms with Crippen LogP contribution in [-0.4, -0.2) is 79.3 Å². The molecule has 0 unspecified atom stereocenters. The molecule has 0 radical (unpaired) electrons. The van der Waals surface area contributed by atoms with Gasteiger partial charge in [-0.25, -0.2) is 18.0 Å². The molecule has 0 aromatic heterocycles. The number of halogens is 1. The van der Waals surface area contributed by atoms with Crippen LogP contribution in [0.3, 0.4) is 0 Å². The molecule has 2 rings (SSSR count). The van der Waals surface area contributed by atoms with E-state index in [1.165, 1.54) is 10.6 Å². The summed E-state index contributed by atoms with van der Waals surface area (Å²) in [5.41, 5.74) is 1.11. The van der Waals surface area contributed by atoms with Crippen LogP contribution in [0.1, 0.15) is 5.56 Å². The Labute approximate surface area is 160 Å². The van der Waals surface area contributed by atoms with Gasteiger partial charge in [0.2, 0.25) is 10.0 Å². The molecule has 2 N–H and O–H groups in total. The number of sulfonamides is 1. The number of piperazine rings is 1. The van der Waals surface area contributed by atoms with Crippen LogP contribution in [0.25, 0.3) is 0 Å². The van der Waals surface area contributed by atoms with E-state index in [0.29, 0.717) is 13.1 Å². The van der Waals surface area contributed by atoms with Gasteiger partial charge in [0.25, 0.3) is 0 Å². The number of nitrogens with zero attached hydrogens (tertiary/aromatic N) is 2. The zero-order chi connectivity index (χ0) is 19.9. The van der Waals surface area contributed by atoms with Gasteiger partial charge in [0.05, 0.1) is 13.4 Å². The Morgan fingerprint density at radius 3 is 2.12 bits per heavy atom. The second kappa shape index (κ2) is 9.86. The third-order valence-corrected chi connectivity index (χ3v) is 5.42. The van der Waals surface area contributed by atoms with Gasteiger partial charge in [-0.15, -0.1) is 0 Å². The van der Waals surface area contributed by atoms with E-state index in [1.54, 1.807) is 7.11 Å². The summed E-state index contributed by atoms with van der Waals surface area (Å²) in [6.07, 6.45) is 1.26. The second-order valence-electron chi connectivity index (χ2n) is 5.50. The van der Waals surface area contributed by atoms with Crippen LogP contribution in [0.15, 0.2) is 22.7 Å². The van der Waals surface area contributed by atoms with Crippen molar-refractivity contribution in [2.75, 3.05) is 39.5 Å². The molecular weight excluding hydrogens is 432 g/mol. The van der Waals surface area contributed by atoms with Gasteiger partial charge in [-0.2, -0.15) is 4.31 Å². The Morgan fingerprint density at radius 2 is 1.69 bits per heavy atom. The maximum Gasteiger partial charge on any atom is 0.414 e. The van der Waals surface area contributed by atoms with E-state index in [2.05, 4.69) is 20.8 Å². The normalized spacial score (nSPS) is 15.7. The standard InChI is InChI=1S/C13H19BrN2O3S.C2H2O4/c1-19-13-4-3-12(14)9-11(13)10-15-5-7-16(8-6-15)20(2,17)18;3-1(4)2(5)6/h3-4,9H,5-8,10H2,1-2H3;(H,3,4)(H,5,6). The summed E-state index contributed by atoms with van der Waals surface area (Å²) in [6.45, 7) is 3.34. The lowest BCUT2D eigenvalue weighted by Crippen LogP contribution is -2.47. The number of carboxylic acid groups (broad SMARTS) is 2. The van der Waals surface area contributed by atoms with E-state index in [0.717, 1.165) is 35.4 Å². The molecule has 0 saturated carbocycles. The van der Waals surface area contributed by atoms with Gasteiger partial charge in [0, 0.05) is 42.8 Å². The molecule has 0 bridgehead atoms. The highest BCUT2D eigenvalue weighted by Crippen LogP contribution is 2.24. The maximum atomic E-state index is 11.5. The number of carboxylic acids is 2. The predicted octanol–water partition coefficient (Wildman–Crippen LogP) is 0.690. The molecule has 9 nitrogen and oxygen atoms in total. The van der Waals surface area contributed by atoms with Gasteiger partial charge in [-0.3, -0.25) is 4.90 Å². The largest absolute Gasteiger partial charge is 0.496 e. The highest BCUT2D eigenvalue weighted by molar-refractivity contribution is 9.10. The highest BCUT2D eigenvalue weighted by atomic mass is 79.9. The van der Waals surface area contributed by atoms with Crippen LogP contribution in [0.2, 0.25) is 0 Å². The molecule has 1 heterocycles. The lowest BCUT2D eigenvalue weighted by atomic mass is 10.2. The number of ether oxygens (including phenoxy) is 1. The molecular formula is C15H21BrN2O7S. The first-order valence-electron chi connectivity index (χ1n) is 7.50. The van der Waals surface area contributed by atoms with E-state index < -0.39 is 22.0 Å². The monoisotopic (exact) mass is 452 g/mol. The SMILES string of the molecule is COc1ccc(Br)cc1CN1CCN(S(C)(=O)=O)CC1.O=C(O)C(=O)O. The third-order valence-electron chi connectivity index (χ3n) is 3.62. The summed E-state index contributed by atoms with van der Waals surface area (Å²) in [6, 6.07) is 5.93. The summed E-state index contributed by atoms with van der Waals surface area (Å²) in [4.78, 5) is 20.4. The summed E-state index contributed by atoms with van der Waals surface area (Å²) >= 11 is 3.46. The van der Waals surface area contributed by atoms with Crippen molar-refractivity contribution in [2.24, 2.45) is 0 Å². The summed E-state index contributed by atoms with van der Waals surface area (Å²) in [5.74, 6) is -2.79. The zero-order valence-electron chi connectivity index (χ0n) is 14.4. The fraction of sp³-hybridized carbons (Fsp3) is 0.467. The van der Waals surface area contributed by atoms with Crippen molar-refractivity contribution < 1.29 is 33.0 Å². The summed E-state index contributed by atoms with van der Waals surface area (Å²) < 4.78 is 30.9. The van der Waals surface area contributed by atoms with Crippen molar-refractivity contribution in [3.05, 3.63) is 28.2 Å². The summed E-state index contributed by atoms with van der Waals surface area (Å²) in [5, 5.41) is 14.8. The summed E-state index contributed by atoms with van der Waals surface area (Å²) in [7, 11) is -1.41. The second-order valence-corrected chi connectivity index (χ2v) is 8.40. The van der Waals surface area contributed by atoms with Crippen LogP contribution in [0.5, 0.6) is 5.75 Å². The number of aliphatic carboxylic acids is 2. The van der Waals surface area contributed by atoms with Crippen molar-refractivity contribution in [1.29, 1.82) is 0 Å². The lowest BCUT2D eigenvalue weighted by Gasteiger charge is -2.33. The minimum absolute atomic E-state index is 0.551. The van der Waals surface area contributed by atoms with Gasteiger partial charge >= 0.3 is 11.9 Å². The molecule has 1 aliphatic heterocycles. The van der Waals surface area contributed by atoms with Crippen LogP contribution >= 0.6 is 15.9 Å². The molecule has 1 aromatic rings. The Kier molecular flexibility index (Phi) is 8.47. The van der Waals surface area contributed by atoms with Crippen molar-refractivity contribution in [3.63, 3.8) is 0 Å². The molecule has 1 aliphatic rings. The minimum Gasteiger partial charge on any atom is -0.496 e. The number of hydrogen-bond donors (Lipinski definition) is 2. The predicted molar refractivity (Wildman–Crippen MR) is 97.7 cm³/mol. The number of methoxy groups -OCH3 is 1. The minimum atomic E-state index is -3.07. The Morgan fingerprint density at radius 1 is 1.15 bits per heavy atom. The molecule has 1 fully saturated rings. The van der Waals surface area contributed by atoms with Gasteiger partial charge in [0.15, 0.2) is 0 Å². The number of rotatable bonds is 4. The molecule has 11 heteroatoms. The zero-order valence-corrected chi connectivity index (χ0v) is 16.8. The van der Waals surface area contributed by atoms with Gasteiger partial charge in [-0.1, -0.05) is 15.9 Å². The van der Waals surface area contributed by atoms with Gasteiger partial charge in [-0.05, 0) is 18.2 Å². The molecule has 1 saturated heterocycles. The maximum absolute atomic E-state index is 11.5. The third kappa shape index (κ3) is 7.28. The van der Waals surface area contributed by atoms with E-state index in [-0.39, 0.29) is 0 Å². The smallest absolute Gasteiger partial charge is 0.414 e. The number of benzene rings is 1. The molecule has 26 heavy (non-hydrogen) atoms. The average Bonchev–Trinajstić information content (AvgIpc) is 2.55. The molecule has 0 atom stereocenters. The fourth-order valence-electron chi connectivity index (χ4n) is 2.33. The van der Waals surface area contributed by atoms with Crippen molar-refractivity contribution in [2.45, 2.75) is 6.54 Å². The van der Waals surface area contributed by atoms with E-state index in [4.69, 9.17) is 24.5 Å². The first-order chi connectivity index (χ1) is 12.0. The van der Waals surface area contributed by atoms with Crippen LogP contribution in [0, 0.1) is 0 Å². The molecule has 146 valence electrons. The van der Waals surface area contributed by atoms with Crippen LogP contribution < -0.4 is 4.74 Å². The quantitative estimate of drug-likeness (QED) is 0.639. The van der Waals surface area contributed by atoms with Crippen molar-refractivity contribution in [1.82, 2.24) is 9.21 Å². The first-order valence-corrected chi connectivity index (χ1v) is 10.1. The number of carbonyl (C=O) groups is 2. The Bertz CT molecular complexity index is 734. The Balaban J connectivity index is 0.000000487. The van der Waals surface area contributed by atoms with E-state index in [1.807, 2.05) is 18.2 Å². The molecule has 0 amide bonds. The Hall–Kier alpha value is -1.69. The van der Waals surface area contributed by atoms with Crippen LogP contribution in [0.4, 0.5) is 0 Å². The molecule has 0 aliphatic carbocycles. The van der Waals surface area contributed by atoms with Crippen LogP contribution in [-0.2, 0) is 26.2 Å². The first kappa shape index (κ1) is 22.4. The molecule has 1 aromatic carbocycles. The lowest BCUT2D eigenvalue weighted by molar-refractivity contribution is -0.159. The van der Waals surface area contributed by atoms with E-state index >= 15 is 0 Å².